The fourth-order valence-electron chi connectivity index (χ4n) is 2.01. The Kier molecular flexibility index (Phi) is 4.33. The highest BCUT2D eigenvalue weighted by Gasteiger charge is 2.19. The Balaban J connectivity index is 2.83. The van der Waals surface area contributed by atoms with Gasteiger partial charge < -0.3 is 9.84 Å². The van der Waals surface area contributed by atoms with Gasteiger partial charge in [0.2, 0.25) is 0 Å². The molecule has 4 heteroatoms. The molecule has 0 aliphatic carbocycles. The van der Waals surface area contributed by atoms with Gasteiger partial charge in [0.1, 0.15) is 0 Å². The van der Waals surface area contributed by atoms with Crippen molar-refractivity contribution in [3.8, 4) is 0 Å². The first-order chi connectivity index (χ1) is 7.78. The second kappa shape index (κ2) is 5.19. The van der Waals surface area contributed by atoms with Crippen molar-refractivity contribution >= 4 is 0 Å². The monoisotopic (exact) mass is 240 g/mol. The van der Waals surface area contributed by atoms with Gasteiger partial charge in [-0.3, -0.25) is 4.68 Å². The molecule has 1 aromatic heterocycles. The van der Waals surface area contributed by atoms with Crippen molar-refractivity contribution in [3.63, 3.8) is 0 Å². The first-order valence-electron chi connectivity index (χ1n) is 6.05. The highest BCUT2D eigenvalue weighted by atomic mass is 16.5. The van der Waals surface area contributed by atoms with Crippen LogP contribution in [0.1, 0.15) is 50.2 Å². The molecule has 0 aliphatic rings. The molecule has 1 N–H and O–H groups in total. The molecule has 0 saturated heterocycles. The van der Waals surface area contributed by atoms with E-state index >= 15 is 0 Å². The maximum Gasteiger partial charge on any atom is 0.0797 e. The lowest BCUT2D eigenvalue weighted by molar-refractivity contribution is 0.0112. The van der Waals surface area contributed by atoms with Crippen LogP contribution in [0.5, 0.6) is 0 Å². The third-order valence-electron chi connectivity index (χ3n) is 3.33. The summed E-state index contributed by atoms with van der Waals surface area (Å²) in [5, 5.41) is 14.2. The van der Waals surface area contributed by atoms with Crippen LogP contribution in [0.3, 0.4) is 0 Å². The topological polar surface area (TPSA) is 47.3 Å². The van der Waals surface area contributed by atoms with E-state index in [-0.39, 0.29) is 5.60 Å². The zero-order valence-corrected chi connectivity index (χ0v) is 11.7. The van der Waals surface area contributed by atoms with Crippen LogP contribution in [0.15, 0.2) is 0 Å². The molecule has 4 nitrogen and oxygen atoms in total. The van der Waals surface area contributed by atoms with Gasteiger partial charge in [-0.15, -0.1) is 0 Å². The Morgan fingerprint density at radius 2 is 2.00 bits per heavy atom. The minimum atomic E-state index is -0.459. The lowest BCUT2D eigenvalue weighted by Crippen LogP contribution is -2.25. The number of aliphatic hydroxyl groups excluding tert-OH is 1. The van der Waals surface area contributed by atoms with Crippen LogP contribution in [0.25, 0.3) is 0 Å². The zero-order chi connectivity index (χ0) is 13.2. The molecule has 0 radical (unpaired) electrons. The first kappa shape index (κ1) is 14.2. The molecule has 1 atom stereocenters. The van der Waals surface area contributed by atoms with Crippen molar-refractivity contribution < 1.29 is 9.84 Å². The Morgan fingerprint density at radius 3 is 2.41 bits per heavy atom. The van der Waals surface area contributed by atoms with E-state index in [0.29, 0.717) is 0 Å². The molecule has 1 unspecified atom stereocenters. The Hall–Kier alpha value is -0.870. The molecule has 0 bridgehead atoms. The molecule has 0 saturated carbocycles. The molecule has 0 amide bonds. The van der Waals surface area contributed by atoms with E-state index in [1.54, 1.807) is 14.0 Å². The summed E-state index contributed by atoms with van der Waals surface area (Å²) in [4.78, 5) is 0. The van der Waals surface area contributed by atoms with E-state index in [4.69, 9.17) is 4.74 Å². The maximum absolute atomic E-state index is 9.69. The van der Waals surface area contributed by atoms with Gasteiger partial charge in [0.05, 0.1) is 17.4 Å². The number of aliphatic hydroxyl groups is 1. The number of hydrogen-bond acceptors (Lipinski definition) is 3. The Labute approximate surface area is 104 Å². The minimum Gasteiger partial charge on any atom is -0.389 e. The summed E-state index contributed by atoms with van der Waals surface area (Å²) in [6, 6.07) is 0. The van der Waals surface area contributed by atoms with Crippen molar-refractivity contribution in [1.82, 2.24) is 9.78 Å². The number of methoxy groups -OCH3 is 1. The third kappa shape index (κ3) is 3.30. The predicted molar refractivity (Wildman–Crippen MR) is 68.0 cm³/mol. The van der Waals surface area contributed by atoms with E-state index < -0.39 is 6.10 Å². The molecule has 1 heterocycles. The smallest absolute Gasteiger partial charge is 0.0797 e. The normalized spacial score (nSPS) is 14.1. The van der Waals surface area contributed by atoms with Crippen LogP contribution in [0.4, 0.5) is 0 Å². The summed E-state index contributed by atoms with van der Waals surface area (Å²) in [5.41, 5.74) is 2.76. The summed E-state index contributed by atoms with van der Waals surface area (Å²) in [7, 11) is 1.72. The average molecular weight is 240 g/mol. The molecule has 0 fully saturated rings. The predicted octanol–water partition coefficient (Wildman–Crippen LogP) is 2.37. The molecule has 1 rings (SSSR count). The number of ether oxygens (including phenoxy) is 1. The highest BCUT2D eigenvalue weighted by molar-refractivity contribution is 5.26. The average Bonchev–Trinajstić information content (AvgIpc) is 2.51. The summed E-state index contributed by atoms with van der Waals surface area (Å²) < 4.78 is 7.35. The summed E-state index contributed by atoms with van der Waals surface area (Å²) in [6.45, 7) is 10.7. The number of nitrogens with zero attached hydrogens (tertiary/aromatic N) is 2. The molecule has 0 spiro atoms. The Bertz CT molecular complexity index is 381. The molecular weight excluding hydrogens is 216 g/mol. The molecule has 0 aliphatic heterocycles. The molecular formula is C13H24N2O2. The number of aryl methyl sites for hydroxylation is 2. The lowest BCUT2D eigenvalue weighted by atomic mass is 10.1. The van der Waals surface area contributed by atoms with E-state index in [1.165, 1.54) is 0 Å². The number of hydrogen-bond donors (Lipinski definition) is 1. The highest BCUT2D eigenvalue weighted by Crippen LogP contribution is 2.22. The van der Waals surface area contributed by atoms with Crippen LogP contribution >= 0.6 is 0 Å². The molecule has 1 aromatic rings. The van der Waals surface area contributed by atoms with Gasteiger partial charge >= 0.3 is 0 Å². The maximum atomic E-state index is 9.69. The van der Waals surface area contributed by atoms with Crippen LogP contribution in [0, 0.1) is 13.8 Å². The second-order valence-electron chi connectivity index (χ2n) is 5.20. The lowest BCUT2D eigenvalue weighted by Gasteiger charge is -2.22. The van der Waals surface area contributed by atoms with E-state index in [0.717, 1.165) is 29.9 Å². The third-order valence-corrected chi connectivity index (χ3v) is 3.33. The van der Waals surface area contributed by atoms with Crippen LogP contribution < -0.4 is 0 Å². The van der Waals surface area contributed by atoms with Crippen molar-refractivity contribution in [2.75, 3.05) is 7.11 Å². The van der Waals surface area contributed by atoms with Crippen molar-refractivity contribution in [2.24, 2.45) is 0 Å². The largest absolute Gasteiger partial charge is 0.389 e. The van der Waals surface area contributed by atoms with E-state index in [1.807, 2.05) is 18.5 Å². The Morgan fingerprint density at radius 1 is 1.41 bits per heavy atom. The standard InChI is InChI=1S/C13H24N2O2/c1-9-12(11(3)16)10(2)15(14-9)8-7-13(4,5)17-6/h11,16H,7-8H2,1-6H3. The van der Waals surface area contributed by atoms with Gasteiger partial charge in [0.25, 0.3) is 0 Å². The van der Waals surface area contributed by atoms with Crippen molar-refractivity contribution in [2.45, 2.75) is 59.3 Å². The second-order valence-corrected chi connectivity index (χ2v) is 5.20. The van der Waals surface area contributed by atoms with Gasteiger partial charge in [-0.1, -0.05) is 0 Å². The zero-order valence-electron chi connectivity index (χ0n) is 11.7. The summed E-state index contributed by atoms with van der Waals surface area (Å²) >= 11 is 0. The van der Waals surface area contributed by atoms with Gasteiger partial charge in [-0.25, -0.2) is 0 Å². The van der Waals surface area contributed by atoms with Gasteiger partial charge in [0.15, 0.2) is 0 Å². The fourth-order valence-corrected chi connectivity index (χ4v) is 2.01. The summed E-state index contributed by atoms with van der Waals surface area (Å²) in [6.07, 6.45) is 0.434. The quantitative estimate of drug-likeness (QED) is 0.859. The van der Waals surface area contributed by atoms with Crippen LogP contribution in [-0.2, 0) is 11.3 Å². The fraction of sp³-hybridized carbons (Fsp3) is 0.769. The van der Waals surface area contributed by atoms with Crippen LogP contribution in [0.2, 0.25) is 0 Å². The minimum absolute atomic E-state index is 0.142. The van der Waals surface area contributed by atoms with E-state index in [9.17, 15) is 5.11 Å². The van der Waals surface area contributed by atoms with Gasteiger partial charge in [-0.05, 0) is 41.0 Å². The molecule has 98 valence electrons. The van der Waals surface area contributed by atoms with Crippen LogP contribution in [-0.4, -0.2) is 27.6 Å². The van der Waals surface area contributed by atoms with Gasteiger partial charge in [-0.2, -0.15) is 5.10 Å². The van der Waals surface area contributed by atoms with Crippen molar-refractivity contribution in [3.05, 3.63) is 17.0 Å². The SMILES string of the molecule is COC(C)(C)CCn1nc(C)c(C(C)O)c1C. The summed E-state index contributed by atoms with van der Waals surface area (Å²) in [5.74, 6) is 0. The first-order valence-corrected chi connectivity index (χ1v) is 6.05. The molecule has 0 aromatic carbocycles. The molecule has 17 heavy (non-hydrogen) atoms. The van der Waals surface area contributed by atoms with Gasteiger partial charge in [0, 0.05) is 24.9 Å². The van der Waals surface area contributed by atoms with E-state index in [2.05, 4.69) is 18.9 Å². The van der Waals surface area contributed by atoms with Crippen molar-refractivity contribution in [1.29, 1.82) is 0 Å². The number of aromatic nitrogens is 2. The number of rotatable bonds is 5.